The van der Waals surface area contributed by atoms with Crippen molar-refractivity contribution in [3.8, 4) is 5.75 Å². The molecule has 3 nitrogen and oxygen atoms in total. The first kappa shape index (κ1) is 18.6. The van der Waals surface area contributed by atoms with Gasteiger partial charge in [-0.2, -0.15) is 11.8 Å². The zero-order valence-electron chi connectivity index (χ0n) is 13.1. The Bertz CT molecular complexity index is 669. The molecule has 0 aliphatic carbocycles. The molecule has 2 aromatic rings. The highest BCUT2D eigenvalue weighted by Gasteiger charge is 2.04. The lowest BCUT2D eigenvalue weighted by molar-refractivity contribution is -0.121. The van der Waals surface area contributed by atoms with Gasteiger partial charge in [0, 0.05) is 18.1 Å². The minimum atomic E-state index is -0.189. The minimum absolute atomic E-state index is 0.0754. The van der Waals surface area contributed by atoms with Crippen LogP contribution >= 0.6 is 23.4 Å². The zero-order chi connectivity index (χ0) is 17.2. The highest BCUT2D eigenvalue weighted by atomic mass is 35.5. The normalized spacial score (nSPS) is 10.4. The fourth-order valence-corrected chi connectivity index (χ4v) is 3.00. The summed E-state index contributed by atoms with van der Waals surface area (Å²) in [6.07, 6.45) is 0.267. The molecule has 2 aromatic carbocycles. The molecule has 0 radical (unpaired) electrons. The molecule has 0 aromatic heterocycles. The van der Waals surface area contributed by atoms with Crippen LogP contribution in [0.4, 0.5) is 4.39 Å². The Morgan fingerprint density at radius 1 is 1.17 bits per heavy atom. The van der Waals surface area contributed by atoms with Gasteiger partial charge in [0.25, 0.3) is 0 Å². The van der Waals surface area contributed by atoms with Crippen LogP contribution in [0.1, 0.15) is 12.0 Å². The fourth-order valence-electron chi connectivity index (χ4n) is 1.96. The van der Waals surface area contributed by atoms with E-state index in [1.54, 1.807) is 36.0 Å². The van der Waals surface area contributed by atoms with Crippen molar-refractivity contribution in [2.24, 2.45) is 0 Å². The van der Waals surface area contributed by atoms with Gasteiger partial charge in [0.05, 0.1) is 18.1 Å². The van der Waals surface area contributed by atoms with Crippen molar-refractivity contribution >= 4 is 29.3 Å². The predicted molar refractivity (Wildman–Crippen MR) is 97.1 cm³/mol. The standard InChI is InChI=1S/C18H19ClFNO2S/c19-15-6-2-4-8-17(15)23-11-9-18(22)21-10-12-24-13-14-5-1-3-7-16(14)20/h1-8H,9-13H2,(H,21,22). The summed E-state index contributed by atoms with van der Waals surface area (Å²) in [4.78, 5) is 11.7. The Kier molecular flexibility index (Phi) is 7.92. The number of carbonyl (C=O) groups excluding carboxylic acids is 1. The summed E-state index contributed by atoms with van der Waals surface area (Å²) in [5.41, 5.74) is 0.682. The van der Waals surface area contributed by atoms with Crippen LogP contribution in [0.3, 0.4) is 0 Å². The highest BCUT2D eigenvalue weighted by Crippen LogP contribution is 2.23. The van der Waals surface area contributed by atoms with Crippen LogP contribution in [0.25, 0.3) is 0 Å². The maximum absolute atomic E-state index is 13.4. The fraction of sp³-hybridized carbons (Fsp3) is 0.278. The van der Waals surface area contributed by atoms with E-state index < -0.39 is 0 Å². The monoisotopic (exact) mass is 367 g/mol. The molecule has 0 fully saturated rings. The Morgan fingerprint density at radius 3 is 2.71 bits per heavy atom. The van der Waals surface area contributed by atoms with Crippen LogP contribution in [-0.2, 0) is 10.5 Å². The highest BCUT2D eigenvalue weighted by molar-refractivity contribution is 7.98. The lowest BCUT2D eigenvalue weighted by Gasteiger charge is -2.08. The van der Waals surface area contributed by atoms with Crippen LogP contribution in [0.15, 0.2) is 48.5 Å². The van der Waals surface area contributed by atoms with E-state index in [2.05, 4.69) is 5.32 Å². The molecular formula is C18H19ClFNO2S. The summed E-state index contributed by atoms with van der Waals surface area (Å²) in [6, 6.07) is 13.9. The summed E-state index contributed by atoms with van der Waals surface area (Å²) in [7, 11) is 0. The predicted octanol–water partition coefficient (Wildman–Crippen LogP) is 4.30. The second kappa shape index (κ2) is 10.2. The molecule has 0 saturated carbocycles. The largest absolute Gasteiger partial charge is 0.491 e. The second-order valence-electron chi connectivity index (χ2n) is 5.02. The van der Waals surface area contributed by atoms with Gasteiger partial charge in [0.1, 0.15) is 11.6 Å². The number of ether oxygens (including phenoxy) is 1. The SMILES string of the molecule is O=C(CCOc1ccccc1Cl)NCCSCc1ccccc1F. The van der Waals surface area contributed by atoms with Crippen molar-refractivity contribution < 1.29 is 13.9 Å². The van der Waals surface area contributed by atoms with Gasteiger partial charge >= 0.3 is 0 Å². The van der Waals surface area contributed by atoms with Crippen molar-refractivity contribution in [2.75, 3.05) is 18.9 Å². The van der Waals surface area contributed by atoms with E-state index in [0.717, 1.165) is 5.75 Å². The molecule has 0 heterocycles. The molecule has 0 atom stereocenters. The molecule has 1 amide bonds. The first-order valence-electron chi connectivity index (χ1n) is 7.62. The molecule has 6 heteroatoms. The van der Waals surface area contributed by atoms with Crippen LogP contribution in [0.5, 0.6) is 5.75 Å². The average Bonchev–Trinajstić information content (AvgIpc) is 2.58. The molecule has 0 saturated heterocycles. The molecule has 0 aliphatic heterocycles. The Labute approximate surface area is 150 Å². The molecule has 0 bridgehead atoms. The number of hydrogen-bond donors (Lipinski definition) is 1. The van der Waals surface area contributed by atoms with Crippen LogP contribution in [0.2, 0.25) is 5.02 Å². The summed E-state index contributed by atoms with van der Waals surface area (Å²) < 4.78 is 18.9. The summed E-state index contributed by atoms with van der Waals surface area (Å²) >= 11 is 7.55. The van der Waals surface area contributed by atoms with Crippen molar-refractivity contribution in [1.29, 1.82) is 0 Å². The van der Waals surface area contributed by atoms with E-state index in [4.69, 9.17) is 16.3 Å². The van der Waals surface area contributed by atoms with E-state index >= 15 is 0 Å². The van der Waals surface area contributed by atoms with Crippen LogP contribution in [-0.4, -0.2) is 24.8 Å². The number of rotatable bonds is 9. The quantitative estimate of drug-likeness (QED) is 0.671. The zero-order valence-corrected chi connectivity index (χ0v) is 14.7. The lowest BCUT2D eigenvalue weighted by atomic mass is 10.2. The van der Waals surface area contributed by atoms with E-state index in [1.165, 1.54) is 6.07 Å². The molecule has 0 unspecified atom stereocenters. The topological polar surface area (TPSA) is 38.3 Å². The summed E-state index contributed by atoms with van der Waals surface area (Å²) in [6.45, 7) is 0.821. The number of carbonyl (C=O) groups is 1. The molecule has 0 spiro atoms. The summed E-state index contributed by atoms with van der Waals surface area (Å²) in [5, 5.41) is 3.35. The Balaban J connectivity index is 1.55. The van der Waals surface area contributed by atoms with Crippen LogP contribution < -0.4 is 10.1 Å². The first-order chi connectivity index (χ1) is 11.7. The summed E-state index contributed by atoms with van der Waals surface area (Å²) in [5.74, 6) is 1.63. The average molecular weight is 368 g/mol. The second-order valence-corrected chi connectivity index (χ2v) is 6.54. The Morgan fingerprint density at radius 2 is 1.92 bits per heavy atom. The lowest BCUT2D eigenvalue weighted by Crippen LogP contribution is -2.27. The van der Waals surface area contributed by atoms with E-state index in [1.807, 2.05) is 18.2 Å². The van der Waals surface area contributed by atoms with Gasteiger partial charge in [-0.25, -0.2) is 4.39 Å². The number of hydrogen-bond acceptors (Lipinski definition) is 3. The van der Waals surface area contributed by atoms with Crippen LogP contribution in [0, 0.1) is 5.82 Å². The molecule has 2 rings (SSSR count). The van der Waals surface area contributed by atoms with Crippen molar-refractivity contribution in [1.82, 2.24) is 5.32 Å². The van der Waals surface area contributed by atoms with Gasteiger partial charge in [-0.1, -0.05) is 41.9 Å². The van der Waals surface area contributed by atoms with Gasteiger partial charge in [0.2, 0.25) is 5.91 Å². The number of halogens is 2. The van der Waals surface area contributed by atoms with Crippen molar-refractivity contribution in [2.45, 2.75) is 12.2 Å². The molecule has 128 valence electrons. The molecular weight excluding hydrogens is 349 g/mol. The van der Waals surface area contributed by atoms with E-state index in [9.17, 15) is 9.18 Å². The van der Waals surface area contributed by atoms with E-state index in [-0.39, 0.29) is 24.8 Å². The number of amides is 1. The first-order valence-corrected chi connectivity index (χ1v) is 9.15. The van der Waals surface area contributed by atoms with Gasteiger partial charge < -0.3 is 10.1 Å². The number of nitrogens with one attached hydrogen (secondary N) is 1. The van der Waals surface area contributed by atoms with E-state index in [0.29, 0.717) is 28.6 Å². The van der Waals surface area contributed by atoms with Gasteiger partial charge in [0.15, 0.2) is 0 Å². The Hall–Kier alpha value is -1.72. The molecule has 0 aliphatic rings. The number of thioether (sulfide) groups is 1. The van der Waals surface area contributed by atoms with Gasteiger partial charge in [-0.15, -0.1) is 0 Å². The minimum Gasteiger partial charge on any atom is -0.491 e. The van der Waals surface area contributed by atoms with Crippen molar-refractivity contribution in [3.05, 3.63) is 64.9 Å². The smallest absolute Gasteiger partial charge is 0.223 e. The van der Waals surface area contributed by atoms with Crippen molar-refractivity contribution in [3.63, 3.8) is 0 Å². The third-order valence-electron chi connectivity index (χ3n) is 3.21. The third-order valence-corrected chi connectivity index (χ3v) is 4.53. The maximum Gasteiger partial charge on any atom is 0.223 e. The molecule has 1 N–H and O–H groups in total. The number of para-hydroxylation sites is 1. The van der Waals surface area contributed by atoms with Gasteiger partial charge in [-0.3, -0.25) is 4.79 Å². The maximum atomic E-state index is 13.4. The number of benzene rings is 2. The third kappa shape index (κ3) is 6.42. The molecule has 24 heavy (non-hydrogen) atoms. The van der Waals surface area contributed by atoms with Gasteiger partial charge in [-0.05, 0) is 23.8 Å².